The van der Waals surface area contributed by atoms with Crippen molar-refractivity contribution in [2.24, 2.45) is 0 Å². The quantitative estimate of drug-likeness (QED) is 0.783. The standard InChI is InChI=1S/C18H15FO4/c1-3-11-8-12-16(9-14(11)20)22-10(2)18(17(12)21)23-15-7-5-4-6-13(15)19/h4-9,20H,3H2,1-2H3. The first-order valence-corrected chi connectivity index (χ1v) is 7.23. The minimum Gasteiger partial charge on any atom is -0.508 e. The number of hydrogen-bond donors (Lipinski definition) is 1. The summed E-state index contributed by atoms with van der Waals surface area (Å²) in [6.07, 6.45) is 0.568. The van der Waals surface area contributed by atoms with E-state index >= 15 is 0 Å². The van der Waals surface area contributed by atoms with E-state index in [-0.39, 0.29) is 34.0 Å². The molecule has 0 aliphatic carbocycles. The summed E-state index contributed by atoms with van der Waals surface area (Å²) in [6, 6.07) is 8.82. The van der Waals surface area contributed by atoms with Crippen molar-refractivity contribution in [3.63, 3.8) is 0 Å². The van der Waals surface area contributed by atoms with Crippen LogP contribution in [-0.2, 0) is 6.42 Å². The van der Waals surface area contributed by atoms with Gasteiger partial charge in [0.2, 0.25) is 11.2 Å². The topological polar surface area (TPSA) is 59.7 Å². The molecule has 0 fully saturated rings. The maximum absolute atomic E-state index is 13.7. The Morgan fingerprint density at radius 1 is 1.26 bits per heavy atom. The van der Waals surface area contributed by atoms with E-state index in [0.717, 1.165) is 0 Å². The maximum Gasteiger partial charge on any atom is 0.235 e. The molecule has 0 amide bonds. The highest BCUT2D eigenvalue weighted by molar-refractivity contribution is 5.81. The third-order valence-electron chi connectivity index (χ3n) is 3.64. The van der Waals surface area contributed by atoms with Crippen LogP contribution in [0.3, 0.4) is 0 Å². The average Bonchev–Trinajstić information content (AvgIpc) is 2.52. The normalized spacial score (nSPS) is 10.9. The fourth-order valence-corrected chi connectivity index (χ4v) is 2.41. The van der Waals surface area contributed by atoms with Gasteiger partial charge in [-0.3, -0.25) is 4.79 Å². The number of para-hydroxylation sites is 1. The van der Waals surface area contributed by atoms with Crippen LogP contribution in [0.25, 0.3) is 11.0 Å². The van der Waals surface area contributed by atoms with E-state index in [1.165, 1.54) is 24.3 Å². The second-order valence-corrected chi connectivity index (χ2v) is 5.18. The lowest BCUT2D eigenvalue weighted by atomic mass is 10.1. The molecular formula is C18H15FO4. The van der Waals surface area contributed by atoms with Crippen LogP contribution >= 0.6 is 0 Å². The minimum atomic E-state index is -0.564. The second-order valence-electron chi connectivity index (χ2n) is 5.18. The maximum atomic E-state index is 13.7. The van der Waals surface area contributed by atoms with Crippen LogP contribution in [-0.4, -0.2) is 5.11 Å². The largest absolute Gasteiger partial charge is 0.508 e. The highest BCUT2D eigenvalue weighted by Crippen LogP contribution is 2.30. The van der Waals surface area contributed by atoms with Gasteiger partial charge in [0, 0.05) is 6.07 Å². The van der Waals surface area contributed by atoms with Crippen molar-refractivity contribution in [3.8, 4) is 17.2 Å². The summed E-state index contributed by atoms with van der Waals surface area (Å²) in [6.45, 7) is 3.43. The van der Waals surface area contributed by atoms with Gasteiger partial charge in [-0.25, -0.2) is 4.39 Å². The number of phenols is 1. The number of halogens is 1. The number of benzene rings is 2. The van der Waals surface area contributed by atoms with Gasteiger partial charge in [0.05, 0.1) is 5.39 Å². The summed E-state index contributed by atoms with van der Waals surface area (Å²) >= 11 is 0. The Morgan fingerprint density at radius 3 is 2.70 bits per heavy atom. The van der Waals surface area contributed by atoms with Gasteiger partial charge >= 0.3 is 0 Å². The number of ether oxygens (including phenoxy) is 1. The first kappa shape index (κ1) is 15.1. The molecule has 0 radical (unpaired) electrons. The van der Waals surface area contributed by atoms with E-state index in [9.17, 15) is 14.3 Å². The van der Waals surface area contributed by atoms with E-state index < -0.39 is 11.2 Å². The van der Waals surface area contributed by atoms with Crippen molar-refractivity contribution < 1.29 is 18.7 Å². The fraction of sp³-hybridized carbons (Fsp3) is 0.167. The molecule has 0 saturated carbocycles. The van der Waals surface area contributed by atoms with Gasteiger partial charge in [-0.05, 0) is 37.1 Å². The number of hydrogen-bond acceptors (Lipinski definition) is 4. The molecule has 1 N–H and O–H groups in total. The van der Waals surface area contributed by atoms with Crippen molar-refractivity contribution in [1.82, 2.24) is 0 Å². The molecule has 0 spiro atoms. The van der Waals surface area contributed by atoms with Gasteiger partial charge in [-0.15, -0.1) is 0 Å². The smallest absolute Gasteiger partial charge is 0.235 e. The Morgan fingerprint density at radius 2 is 2.00 bits per heavy atom. The molecule has 23 heavy (non-hydrogen) atoms. The Bertz CT molecular complexity index is 944. The SMILES string of the molecule is CCc1cc2c(=O)c(Oc3ccccc3F)c(C)oc2cc1O. The van der Waals surface area contributed by atoms with Crippen LogP contribution in [0.5, 0.6) is 17.2 Å². The predicted octanol–water partition coefficient (Wildman–Crippen LogP) is 4.30. The zero-order valence-corrected chi connectivity index (χ0v) is 12.7. The summed E-state index contributed by atoms with van der Waals surface area (Å²) in [4.78, 5) is 12.7. The number of phenolic OH excluding ortho intramolecular Hbond substituents is 1. The molecule has 1 aromatic heterocycles. The Balaban J connectivity index is 2.20. The van der Waals surface area contributed by atoms with Crippen molar-refractivity contribution in [2.45, 2.75) is 20.3 Å². The lowest BCUT2D eigenvalue weighted by Gasteiger charge is -2.10. The molecule has 4 nitrogen and oxygen atoms in total. The molecule has 0 atom stereocenters. The van der Waals surface area contributed by atoms with Crippen molar-refractivity contribution in [2.75, 3.05) is 0 Å². The van der Waals surface area contributed by atoms with E-state index in [1.807, 2.05) is 6.92 Å². The van der Waals surface area contributed by atoms with Crippen LogP contribution in [0.1, 0.15) is 18.2 Å². The van der Waals surface area contributed by atoms with E-state index in [0.29, 0.717) is 12.0 Å². The van der Waals surface area contributed by atoms with Crippen LogP contribution in [0.2, 0.25) is 0 Å². The van der Waals surface area contributed by atoms with Crippen molar-refractivity contribution >= 4 is 11.0 Å². The fourth-order valence-electron chi connectivity index (χ4n) is 2.41. The highest BCUT2D eigenvalue weighted by Gasteiger charge is 2.17. The van der Waals surface area contributed by atoms with Crippen LogP contribution < -0.4 is 10.2 Å². The molecule has 2 aromatic carbocycles. The Hall–Kier alpha value is -2.82. The highest BCUT2D eigenvalue weighted by atomic mass is 19.1. The predicted molar refractivity (Wildman–Crippen MR) is 84.7 cm³/mol. The molecule has 3 rings (SSSR count). The van der Waals surface area contributed by atoms with E-state index in [2.05, 4.69) is 0 Å². The van der Waals surface area contributed by atoms with E-state index in [4.69, 9.17) is 9.15 Å². The average molecular weight is 314 g/mol. The number of rotatable bonds is 3. The van der Waals surface area contributed by atoms with Crippen LogP contribution in [0, 0.1) is 12.7 Å². The molecule has 0 aliphatic rings. The van der Waals surface area contributed by atoms with Gasteiger partial charge in [0.1, 0.15) is 17.1 Å². The van der Waals surface area contributed by atoms with Crippen LogP contribution in [0.15, 0.2) is 45.6 Å². The van der Waals surface area contributed by atoms with Gasteiger partial charge in [0.15, 0.2) is 11.6 Å². The summed E-state index contributed by atoms with van der Waals surface area (Å²) in [5.41, 5.74) is 0.496. The third kappa shape index (κ3) is 2.65. The van der Waals surface area contributed by atoms with Crippen molar-refractivity contribution in [3.05, 3.63) is 63.8 Å². The molecule has 3 aromatic rings. The van der Waals surface area contributed by atoms with Gasteiger partial charge in [-0.2, -0.15) is 0 Å². The first-order valence-electron chi connectivity index (χ1n) is 7.23. The van der Waals surface area contributed by atoms with Gasteiger partial charge < -0.3 is 14.3 Å². The molecule has 0 aliphatic heterocycles. The van der Waals surface area contributed by atoms with Gasteiger partial charge in [-0.1, -0.05) is 19.1 Å². The van der Waals surface area contributed by atoms with Gasteiger partial charge in [0.25, 0.3) is 0 Å². The van der Waals surface area contributed by atoms with Crippen molar-refractivity contribution in [1.29, 1.82) is 0 Å². The number of aryl methyl sites for hydroxylation is 2. The second kappa shape index (κ2) is 5.76. The summed E-state index contributed by atoms with van der Waals surface area (Å²) < 4.78 is 24.7. The van der Waals surface area contributed by atoms with Crippen LogP contribution in [0.4, 0.5) is 4.39 Å². The molecule has 0 bridgehead atoms. The molecule has 0 saturated heterocycles. The Kier molecular flexibility index (Phi) is 3.78. The molecule has 0 unspecified atom stereocenters. The number of fused-ring (bicyclic) bond motifs is 1. The summed E-state index contributed by atoms with van der Waals surface area (Å²) in [7, 11) is 0. The lowest BCUT2D eigenvalue weighted by Crippen LogP contribution is -2.08. The monoisotopic (exact) mass is 314 g/mol. The third-order valence-corrected chi connectivity index (χ3v) is 3.64. The zero-order valence-electron chi connectivity index (χ0n) is 12.7. The summed E-state index contributed by atoms with van der Waals surface area (Å²) in [5, 5.41) is 10.2. The lowest BCUT2D eigenvalue weighted by molar-refractivity contribution is 0.411. The summed E-state index contributed by atoms with van der Waals surface area (Å²) in [5.74, 6) is -0.377. The molecular weight excluding hydrogens is 299 g/mol. The number of aromatic hydroxyl groups is 1. The molecule has 1 heterocycles. The first-order chi connectivity index (χ1) is 11.0. The molecule has 118 valence electrons. The zero-order chi connectivity index (χ0) is 16.6. The molecule has 5 heteroatoms. The Labute approximate surface area is 131 Å². The van der Waals surface area contributed by atoms with E-state index in [1.54, 1.807) is 19.1 Å². The minimum absolute atomic E-state index is 0.0447.